The fourth-order valence-corrected chi connectivity index (χ4v) is 3.59. The van der Waals surface area contributed by atoms with Gasteiger partial charge in [0.05, 0.1) is 7.11 Å². The number of rotatable bonds is 10. The summed E-state index contributed by atoms with van der Waals surface area (Å²) in [5, 5.41) is 5.53. The molecular formula is C35H44FN3O4. The molecule has 0 spiro atoms. The molecule has 8 heteroatoms. The molecule has 0 aromatic heterocycles. The van der Waals surface area contributed by atoms with Crippen LogP contribution < -0.4 is 10.6 Å². The van der Waals surface area contributed by atoms with E-state index in [1.165, 1.54) is 38.2 Å². The van der Waals surface area contributed by atoms with E-state index in [1.807, 2.05) is 26.0 Å². The Morgan fingerprint density at radius 1 is 0.930 bits per heavy atom. The Bertz CT molecular complexity index is 1380. The molecule has 0 aliphatic rings. The Morgan fingerprint density at radius 3 is 2.12 bits per heavy atom. The van der Waals surface area contributed by atoms with Crippen molar-refractivity contribution in [1.29, 1.82) is 0 Å². The minimum Gasteiger partial charge on any atom is -0.468 e. The van der Waals surface area contributed by atoms with Crippen molar-refractivity contribution in [3.05, 3.63) is 108 Å². The van der Waals surface area contributed by atoms with Crippen LogP contribution in [0, 0.1) is 5.82 Å². The number of amides is 2. The van der Waals surface area contributed by atoms with Gasteiger partial charge in [-0.1, -0.05) is 102 Å². The fraction of sp³-hybridized carbons (Fsp3) is 0.286. The average Bonchev–Trinajstić information content (AvgIpc) is 3.06. The second-order valence-corrected chi connectivity index (χ2v) is 8.96. The third-order valence-electron chi connectivity index (χ3n) is 6.15. The molecule has 0 fully saturated rings. The minimum absolute atomic E-state index is 0.0274. The number of hydrogen-bond donors (Lipinski definition) is 2. The van der Waals surface area contributed by atoms with E-state index in [1.54, 1.807) is 56.4 Å². The summed E-state index contributed by atoms with van der Waals surface area (Å²) < 4.78 is 19.7. The third-order valence-corrected chi connectivity index (χ3v) is 6.15. The first-order chi connectivity index (χ1) is 20.7. The standard InChI is InChI=1S/C29H28FN3O4.C4H10.C2H6/c1-5-26(29(36)33(18-27(34)37-4)19(2)20-10-7-6-8-11-20)32-28(35)22-14-15-24(25(30)17-22)21-12-9-13-23(16-21)31-3;1-3-4-2;1-2/h5-17,31H,2,18H2,1,3-4H3,(H,32,35);3-4H2,1-2H3;1-2H3/b26-5+;;. The zero-order valence-electron chi connectivity index (χ0n) is 26.3. The van der Waals surface area contributed by atoms with E-state index in [9.17, 15) is 18.8 Å². The zero-order chi connectivity index (χ0) is 32.4. The van der Waals surface area contributed by atoms with Gasteiger partial charge in [-0.2, -0.15) is 0 Å². The van der Waals surface area contributed by atoms with Crippen molar-refractivity contribution >= 4 is 29.2 Å². The lowest BCUT2D eigenvalue weighted by molar-refractivity contribution is -0.144. The largest absolute Gasteiger partial charge is 0.468 e. The quantitative estimate of drug-likeness (QED) is 0.187. The van der Waals surface area contributed by atoms with Gasteiger partial charge in [-0.15, -0.1) is 0 Å². The van der Waals surface area contributed by atoms with E-state index in [0.29, 0.717) is 16.7 Å². The minimum atomic E-state index is -0.681. The van der Waals surface area contributed by atoms with Crippen molar-refractivity contribution in [2.45, 2.75) is 47.5 Å². The van der Waals surface area contributed by atoms with Crippen LogP contribution in [0.1, 0.15) is 63.4 Å². The van der Waals surface area contributed by atoms with Gasteiger partial charge in [-0.3, -0.25) is 19.3 Å². The van der Waals surface area contributed by atoms with Gasteiger partial charge in [0.1, 0.15) is 18.1 Å². The predicted molar refractivity (Wildman–Crippen MR) is 174 cm³/mol. The zero-order valence-corrected chi connectivity index (χ0v) is 26.3. The molecule has 43 heavy (non-hydrogen) atoms. The molecule has 0 saturated carbocycles. The second kappa shape index (κ2) is 19.4. The van der Waals surface area contributed by atoms with Gasteiger partial charge in [-0.05, 0) is 42.3 Å². The highest BCUT2D eigenvalue weighted by Crippen LogP contribution is 2.26. The van der Waals surface area contributed by atoms with Crippen molar-refractivity contribution in [3.63, 3.8) is 0 Å². The number of unbranched alkanes of at least 4 members (excludes halogenated alkanes) is 1. The van der Waals surface area contributed by atoms with Crippen LogP contribution in [-0.2, 0) is 14.3 Å². The molecule has 3 aromatic carbocycles. The molecule has 0 bridgehead atoms. The van der Waals surface area contributed by atoms with Gasteiger partial charge in [0.15, 0.2) is 0 Å². The van der Waals surface area contributed by atoms with Crippen LogP contribution in [0.5, 0.6) is 0 Å². The normalized spacial score (nSPS) is 10.2. The molecule has 3 rings (SSSR count). The van der Waals surface area contributed by atoms with Gasteiger partial charge in [0.25, 0.3) is 11.8 Å². The summed E-state index contributed by atoms with van der Waals surface area (Å²) in [6.07, 6.45) is 4.04. The van der Waals surface area contributed by atoms with Crippen LogP contribution in [0.3, 0.4) is 0 Å². The Balaban J connectivity index is 0.00000142. The first kappa shape index (κ1) is 36.3. The summed E-state index contributed by atoms with van der Waals surface area (Å²) in [6.45, 7) is 13.5. The fourth-order valence-electron chi connectivity index (χ4n) is 3.59. The van der Waals surface area contributed by atoms with E-state index in [-0.39, 0.29) is 17.0 Å². The predicted octanol–water partition coefficient (Wildman–Crippen LogP) is 7.67. The number of carbonyl (C=O) groups excluding carboxylic acids is 3. The number of esters is 1. The lowest BCUT2D eigenvalue weighted by atomic mass is 10.0. The molecule has 230 valence electrons. The number of hydrogen-bond acceptors (Lipinski definition) is 5. The van der Waals surface area contributed by atoms with E-state index in [4.69, 9.17) is 4.74 Å². The summed E-state index contributed by atoms with van der Waals surface area (Å²) in [4.78, 5) is 39.5. The molecule has 0 saturated heterocycles. The van der Waals surface area contributed by atoms with Crippen LogP contribution in [-0.4, -0.2) is 43.4 Å². The first-order valence-corrected chi connectivity index (χ1v) is 14.4. The van der Waals surface area contributed by atoms with Crippen LogP contribution in [0.2, 0.25) is 0 Å². The highest BCUT2D eigenvalue weighted by molar-refractivity contribution is 6.06. The van der Waals surface area contributed by atoms with Crippen LogP contribution in [0.4, 0.5) is 10.1 Å². The molecule has 0 aliphatic carbocycles. The van der Waals surface area contributed by atoms with E-state index < -0.39 is 30.1 Å². The molecule has 0 heterocycles. The van der Waals surface area contributed by atoms with Crippen molar-refractivity contribution in [1.82, 2.24) is 10.2 Å². The molecule has 0 radical (unpaired) electrons. The van der Waals surface area contributed by atoms with Crippen molar-refractivity contribution in [3.8, 4) is 11.1 Å². The van der Waals surface area contributed by atoms with E-state index >= 15 is 0 Å². The number of anilines is 1. The number of halogens is 1. The molecule has 0 aliphatic heterocycles. The Morgan fingerprint density at radius 2 is 1.58 bits per heavy atom. The number of allylic oxidation sites excluding steroid dienone is 1. The molecule has 2 N–H and O–H groups in total. The highest BCUT2D eigenvalue weighted by atomic mass is 19.1. The Labute approximate surface area is 255 Å². The lowest BCUT2D eigenvalue weighted by Gasteiger charge is -2.25. The van der Waals surface area contributed by atoms with Crippen molar-refractivity contribution < 1.29 is 23.5 Å². The van der Waals surface area contributed by atoms with Gasteiger partial charge >= 0.3 is 5.97 Å². The summed E-state index contributed by atoms with van der Waals surface area (Å²) in [5.41, 5.74) is 2.60. The third kappa shape index (κ3) is 10.9. The topological polar surface area (TPSA) is 87.7 Å². The first-order valence-electron chi connectivity index (χ1n) is 14.4. The smallest absolute Gasteiger partial charge is 0.325 e. The van der Waals surface area contributed by atoms with Crippen molar-refractivity contribution in [2.24, 2.45) is 0 Å². The second-order valence-electron chi connectivity index (χ2n) is 8.96. The molecule has 3 aromatic rings. The summed E-state index contributed by atoms with van der Waals surface area (Å²) in [7, 11) is 2.98. The molecule has 0 unspecified atom stereocenters. The molecule has 2 amide bonds. The summed E-state index contributed by atoms with van der Waals surface area (Å²) in [5.74, 6) is -2.60. The Hall–Kier alpha value is -4.72. The maximum atomic E-state index is 15.0. The van der Waals surface area contributed by atoms with Crippen LogP contribution in [0.25, 0.3) is 16.8 Å². The van der Waals surface area contributed by atoms with Crippen LogP contribution >= 0.6 is 0 Å². The van der Waals surface area contributed by atoms with Gasteiger partial charge in [-0.25, -0.2) is 4.39 Å². The van der Waals surface area contributed by atoms with Crippen molar-refractivity contribution in [2.75, 3.05) is 26.0 Å². The van der Waals surface area contributed by atoms with Gasteiger partial charge in [0.2, 0.25) is 0 Å². The van der Waals surface area contributed by atoms with Gasteiger partial charge in [0, 0.05) is 29.6 Å². The van der Waals surface area contributed by atoms with Gasteiger partial charge < -0.3 is 15.4 Å². The lowest BCUT2D eigenvalue weighted by Crippen LogP contribution is -2.40. The number of methoxy groups -OCH3 is 1. The Kier molecular flexibility index (Phi) is 16.4. The average molecular weight is 590 g/mol. The van der Waals surface area contributed by atoms with Crippen LogP contribution in [0.15, 0.2) is 91.1 Å². The summed E-state index contributed by atoms with van der Waals surface area (Å²) in [6, 6.07) is 20.2. The number of nitrogens with zero attached hydrogens (tertiary/aromatic N) is 1. The van der Waals surface area contributed by atoms with E-state index in [2.05, 4.69) is 31.1 Å². The SMILES string of the molecule is C=C(c1ccccc1)N(CC(=O)OC)C(=O)/C(=C\C)NC(=O)c1ccc(-c2cccc(NC)c2)c(F)c1.CC.CCCC. The number of ether oxygens (including phenoxy) is 1. The number of nitrogens with one attached hydrogen (secondary N) is 2. The molecule has 7 nitrogen and oxygen atoms in total. The maximum Gasteiger partial charge on any atom is 0.325 e. The molecular weight excluding hydrogens is 545 g/mol. The number of carbonyl (C=O) groups is 3. The summed E-state index contributed by atoms with van der Waals surface area (Å²) >= 11 is 0. The maximum absolute atomic E-state index is 15.0. The van der Waals surface area contributed by atoms with E-state index in [0.717, 1.165) is 16.7 Å². The number of benzene rings is 3. The molecule has 0 atom stereocenters. The monoisotopic (exact) mass is 589 g/mol. The highest BCUT2D eigenvalue weighted by Gasteiger charge is 2.26.